The number of aromatic hydroxyl groups is 1. The highest BCUT2D eigenvalue weighted by molar-refractivity contribution is 5.85. The van der Waals surface area contributed by atoms with Crippen molar-refractivity contribution in [2.45, 2.75) is 19.9 Å². The predicted octanol–water partition coefficient (Wildman–Crippen LogP) is 2.62. The molecule has 1 amide bonds. The molecule has 0 saturated carbocycles. The molecule has 5 heteroatoms. The molecule has 2 rings (SSSR count). The van der Waals surface area contributed by atoms with Crippen molar-refractivity contribution in [3.8, 4) is 5.75 Å². The van der Waals surface area contributed by atoms with E-state index < -0.39 is 6.09 Å². The number of halogens is 1. The fraction of sp³-hybridized carbons (Fsp3) is 0.417. The van der Waals surface area contributed by atoms with Crippen LogP contribution < -0.4 is 5.32 Å². The quantitative estimate of drug-likeness (QED) is 0.813. The summed E-state index contributed by atoms with van der Waals surface area (Å²) < 4.78 is 4.97. The highest BCUT2D eigenvalue weighted by Crippen LogP contribution is 2.36. The molecular formula is C12H16ClNO3. The molecule has 1 heterocycles. The Morgan fingerprint density at radius 3 is 2.53 bits per heavy atom. The molecule has 1 aliphatic rings. The normalized spacial score (nSPS) is 22.0. The van der Waals surface area contributed by atoms with Crippen LogP contribution in [-0.4, -0.2) is 17.8 Å². The smallest absolute Gasteiger partial charge is 0.407 e. The minimum atomic E-state index is -0.391. The number of rotatable bonds is 1. The van der Waals surface area contributed by atoms with Crippen LogP contribution in [0, 0.1) is 5.41 Å². The number of carbonyl (C=O) groups excluding carboxylic acids is 1. The summed E-state index contributed by atoms with van der Waals surface area (Å²) in [5, 5.41) is 12.0. The lowest BCUT2D eigenvalue weighted by Gasteiger charge is -2.38. The molecule has 0 bridgehead atoms. The number of cyclic esters (lactones) is 1. The van der Waals surface area contributed by atoms with Crippen molar-refractivity contribution in [1.82, 2.24) is 5.32 Å². The van der Waals surface area contributed by atoms with Crippen LogP contribution in [0.2, 0.25) is 0 Å². The number of carbonyl (C=O) groups is 1. The average Bonchev–Trinajstić information content (AvgIpc) is 2.23. The molecule has 1 saturated heterocycles. The van der Waals surface area contributed by atoms with Crippen LogP contribution in [0.3, 0.4) is 0 Å². The summed E-state index contributed by atoms with van der Waals surface area (Å²) in [4.78, 5) is 11.2. The summed E-state index contributed by atoms with van der Waals surface area (Å²) in [6, 6.07) is 6.77. The van der Waals surface area contributed by atoms with Crippen molar-refractivity contribution in [1.29, 1.82) is 0 Å². The molecule has 94 valence electrons. The minimum absolute atomic E-state index is 0. The van der Waals surface area contributed by atoms with E-state index in [1.165, 1.54) is 0 Å². The van der Waals surface area contributed by atoms with Crippen molar-refractivity contribution in [2.24, 2.45) is 5.41 Å². The fourth-order valence-corrected chi connectivity index (χ4v) is 1.89. The van der Waals surface area contributed by atoms with Gasteiger partial charge in [-0.1, -0.05) is 26.0 Å². The van der Waals surface area contributed by atoms with E-state index in [2.05, 4.69) is 5.32 Å². The maximum Gasteiger partial charge on any atom is 0.407 e. The van der Waals surface area contributed by atoms with E-state index in [1.54, 1.807) is 12.1 Å². The number of nitrogens with one attached hydrogen (secondary N) is 1. The highest BCUT2D eigenvalue weighted by Gasteiger charge is 2.37. The lowest BCUT2D eigenvalue weighted by molar-refractivity contribution is 0.0387. The first-order valence-electron chi connectivity index (χ1n) is 5.21. The third-order valence-electron chi connectivity index (χ3n) is 2.85. The van der Waals surface area contributed by atoms with Crippen LogP contribution in [0.5, 0.6) is 5.75 Å². The molecular weight excluding hydrogens is 242 g/mol. The molecule has 17 heavy (non-hydrogen) atoms. The van der Waals surface area contributed by atoms with Crippen molar-refractivity contribution in [3.05, 3.63) is 29.8 Å². The molecule has 1 aromatic rings. The second kappa shape index (κ2) is 4.84. The molecule has 1 fully saturated rings. The number of benzene rings is 1. The molecule has 0 radical (unpaired) electrons. The molecule has 1 aromatic carbocycles. The summed E-state index contributed by atoms with van der Waals surface area (Å²) in [5.41, 5.74) is 0.810. The zero-order valence-corrected chi connectivity index (χ0v) is 10.6. The number of hydrogen-bond acceptors (Lipinski definition) is 3. The van der Waals surface area contributed by atoms with E-state index in [4.69, 9.17) is 4.74 Å². The largest absolute Gasteiger partial charge is 0.508 e. The second-order valence-electron chi connectivity index (χ2n) is 4.73. The zero-order chi connectivity index (χ0) is 11.8. The first-order valence-corrected chi connectivity index (χ1v) is 5.21. The van der Waals surface area contributed by atoms with Gasteiger partial charge in [-0.15, -0.1) is 12.4 Å². The Balaban J connectivity index is 0.00000144. The lowest BCUT2D eigenvalue weighted by Crippen LogP contribution is -2.46. The van der Waals surface area contributed by atoms with E-state index in [1.807, 2.05) is 26.0 Å². The van der Waals surface area contributed by atoms with Gasteiger partial charge in [0.2, 0.25) is 0 Å². The van der Waals surface area contributed by atoms with Gasteiger partial charge in [-0.3, -0.25) is 0 Å². The van der Waals surface area contributed by atoms with Crippen LogP contribution in [0.15, 0.2) is 24.3 Å². The fourth-order valence-electron chi connectivity index (χ4n) is 1.89. The molecule has 4 nitrogen and oxygen atoms in total. The number of phenolic OH excluding ortho intramolecular Hbond substituents is 1. The van der Waals surface area contributed by atoms with Gasteiger partial charge in [-0.05, 0) is 17.7 Å². The van der Waals surface area contributed by atoms with E-state index in [0.29, 0.717) is 6.61 Å². The van der Waals surface area contributed by atoms with E-state index >= 15 is 0 Å². The Bertz CT molecular complexity index is 403. The molecule has 0 spiro atoms. The Morgan fingerprint density at radius 2 is 1.94 bits per heavy atom. The first-order chi connectivity index (χ1) is 7.49. The molecule has 0 unspecified atom stereocenters. The molecule has 1 aliphatic heterocycles. The topological polar surface area (TPSA) is 58.6 Å². The lowest BCUT2D eigenvalue weighted by atomic mass is 9.80. The van der Waals surface area contributed by atoms with Crippen molar-refractivity contribution >= 4 is 18.5 Å². The second-order valence-corrected chi connectivity index (χ2v) is 4.73. The number of alkyl carbamates (subject to hydrolysis) is 1. The van der Waals surface area contributed by atoms with E-state index in [9.17, 15) is 9.90 Å². The molecule has 0 aliphatic carbocycles. The van der Waals surface area contributed by atoms with Crippen molar-refractivity contribution in [2.75, 3.05) is 6.61 Å². The Kier molecular flexibility index (Phi) is 3.88. The third-order valence-corrected chi connectivity index (χ3v) is 2.85. The van der Waals surface area contributed by atoms with Gasteiger partial charge in [0.15, 0.2) is 0 Å². The van der Waals surface area contributed by atoms with E-state index in [-0.39, 0.29) is 29.6 Å². The van der Waals surface area contributed by atoms with Crippen molar-refractivity contribution < 1.29 is 14.6 Å². The molecule has 1 atom stereocenters. The van der Waals surface area contributed by atoms with Crippen LogP contribution >= 0.6 is 12.4 Å². The first kappa shape index (κ1) is 13.6. The SMILES string of the molecule is CC1(C)COC(=O)N[C@@H]1c1ccc(O)cc1.Cl. The van der Waals surface area contributed by atoms with Gasteiger partial charge in [0, 0.05) is 5.41 Å². The minimum Gasteiger partial charge on any atom is -0.508 e. The zero-order valence-electron chi connectivity index (χ0n) is 9.77. The maximum atomic E-state index is 11.2. The van der Waals surface area contributed by atoms with Gasteiger partial charge in [0.1, 0.15) is 12.4 Å². The standard InChI is InChI=1S/C12H15NO3.ClH/c1-12(2)7-16-11(15)13-10(12)8-3-5-9(14)6-4-8;/h3-6,10,14H,7H2,1-2H3,(H,13,15);1H/t10-;/m1./s1. The Labute approximate surface area is 106 Å². The summed E-state index contributed by atoms with van der Waals surface area (Å²) in [6.45, 7) is 4.46. The Hall–Kier alpha value is -1.42. The van der Waals surface area contributed by atoms with Crippen LogP contribution in [-0.2, 0) is 4.74 Å². The van der Waals surface area contributed by atoms with E-state index in [0.717, 1.165) is 5.56 Å². The number of phenols is 1. The van der Waals surface area contributed by atoms with Gasteiger partial charge >= 0.3 is 6.09 Å². The van der Waals surface area contributed by atoms with Gasteiger partial charge in [0.25, 0.3) is 0 Å². The highest BCUT2D eigenvalue weighted by atomic mass is 35.5. The van der Waals surface area contributed by atoms with Crippen LogP contribution in [0.4, 0.5) is 4.79 Å². The number of ether oxygens (including phenoxy) is 1. The van der Waals surface area contributed by atoms with Crippen molar-refractivity contribution in [3.63, 3.8) is 0 Å². The van der Waals surface area contributed by atoms with Gasteiger partial charge < -0.3 is 15.2 Å². The Morgan fingerprint density at radius 1 is 1.35 bits per heavy atom. The van der Waals surface area contributed by atoms with Gasteiger partial charge in [-0.25, -0.2) is 4.79 Å². The molecule has 2 N–H and O–H groups in total. The number of amides is 1. The van der Waals surface area contributed by atoms with Crippen LogP contribution in [0.1, 0.15) is 25.5 Å². The summed E-state index contributed by atoms with van der Waals surface area (Å²) >= 11 is 0. The monoisotopic (exact) mass is 257 g/mol. The third kappa shape index (κ3) is 2.82. The number of hydrogen-bond donors (Lipinski definition) is 2. The van der Waals surface area contributed by atoms with Gasteiger partial charge in [-0.2, -0.15) is 0 Å². The summed E-state index contributed by atoms with van der Waals surface area (Å²) in [7, 11) is 0. The average molecular weight is 258 g/mol. The van der Waals surface area contributed by atoms with Gasteiger partial charge in [0.05, 0.1) is 6.04 Å². The summed E-state index contributed by atoms with van der Waals surface area (Å²) in [6.07, 6.45) is -0.391. The molecule has 0 aromatic heterocycles. The summed E-state index contributed by atoms with van der Waals surface area (Å²) in [5.74, 6) is 0.222. The predicted molar refractivity (Wildman–Crippen MR) is 66.4 cm³/mol. The van der Waals surface area contributed by atoms with Crippen LogP contribution in [0.25, 0.3) is 0 Å². The maximum absolute atomic E-state index is 11.2.